The molecule has 1 unspecified atom stereocenters. The molecule has 1 saturated heterocycles. The number of para-hydroxylation sites is 1. The summed E-state index contributed by atoms with van der Waals surface area (Å²) in [5, 5.41) is 8.59. The number of carbonyl (C=O) groups excluding carboxylic acids is 2. The predicted octanol–water partition coefficient (Wildman–Crippen LogP) is 4.18. The maximum Gasteiger partial charge on any atom is 0.220 e. The fourth-order valence-corrected chi connectivity index (χ4v) is 4.61. The second-order valence-electron chi connectivity index (χ2n) is 8.60. The van der Waals surface area contributed by atoms with E-state index in [1.54, 1.807) is 7.11 Å². The van der Waals surface area contributed by atoms with Crippen molar-refractivity contribution in [2.24, 2.45) is 0 Å². The van der Waals surface area contributed by atoms with Crippen molar-refractivity contribution in [3.8, 4) is 5.75 Å². The number of hydrogen-bond acceptors (Lipinski definition) is 3. The normalized spacial score (nSPS) is 17.8. The van der Waals surface area contributed by atoms with Gasteiger partial charge in [0, 0.05) is 24.9 Å². The number of fused-ring (bicyclic) bond motifs is 1. The van der Waals surface area contributed by atoms with Crippen molar-refractivity contribution in [2.45, 2.75) is 44.1 Å². The summed E-state index contributed by atoms with van der Waals surface area (Å²) in [6.07, 6.45) is 3.74. The van der Waals surface area contributed by atoms with Gasteiger partial charge >= 0.3 is 0 Å². The van der Waals surface area contributed by atoms with E-state index in [9.17, 15) is 9.59 Å². The maximum absolute atomic E-state index is 12.5. The molecular formula is C27H30N2O3. The summed E-state index contributed by atoms with van der Waals surface area (Å²) in [4.78, 5) is 24.6. The van der Waals surface area contributed by atoms with Crippen LogP contribution in [-0.2, 0) is 22.4 Å². The van der Waals surface area contributed by atoms with Crippen LogP contribution in [0.5, 0.6) is 5.75 Å². The van der Waals surface area contributed by atoms with Crippen LogP contribution in [0.25, 0.3) is 10.8 Å². The first-order valence-corrected chi connectivity index (χ1v) is 11.2. The third-order valence-electron chi connectivity index (χ3n) is 6.33. The van der Waals surface area contributed by atoms with E-state index in [2.05, 4.69) is 41.0 Å². The first kappa shape index (κ1) is 21.9. The first-order chi connectivity index (χ1) is 15.6. The van der Waals surface area contributed by atoms with E-state index in [0.29, 0.717) is 32.2 Å². The standard InChI is InChI=1S/C27H30N2O3/c1-32-24-9-5-4-7-22(24)14-17-28-25(30)12-15-27(16-13-26(31)29-27)19-20-10-11-21-6-2-3-8-23(21)18-20/h2-11,18H,12-17,19H2,1H3,(H,28,30)(H,29,31). The number of rotatable bonds is 9. The predicted molar refractivity (Wildman–Crippen MR) is 127 cm³/mol. The number of carbonyl (C=O) groups is 2. The van der Waals surface area contributed by atoms with E-state index in [4.69, 9.17) is 4.74 Å². The largest absolute Gasteiger partial charge is 0.496 e. The topological polar surface area (TPSA) is 67.4 Å². The second-order valence-corrected chi connectivity index (χ2v) is 8.60. The zero-order valence-corrected chi connectivity index (χ0v) is 18.5. The zero-order chi connectivity index (χ0) is 22.4. The van der Waals surface area contributed by atoms with Gasteiger partial charge in [-0.25, -0.2) is 0 Å². The Labute approximate surface area is 189 Å². The van der Waals surface area contributed by atoms with Crippen LogP contribution in [0, 0.1) is 0 Å². The number of methoxy groups -OCH3 is 1. The summed E-state index contributed by atoms with van der Waals surface area (Å²) in [5.41, 5.74) is 1.90. The number of hydrogen-bond donors (Lipinski definition) is 2. The van der Waals surface area contributed by atoms with E-state index in [0.717, 1.165) is 24.2 Å². The Hall–Kier alpha value is -3.34. The average Bonchev–Trinajstić information content (AvgIpc) is 3.18. The Morgan fingerprint density at radius 1 is 1.06 bits per heavy atom. The summed E-state index contributed by atoms with van der Waals surface area (Å²) < 4.78 is 5.37. The van der Waals surface area contributed by atoms with E-state index in [1.807, 2.05) is 36.4 Å². The smallest absolute Gasteiger partial charge is 0.220 e. The molecule has 1 heterocycles. The van der Waals surface area contributed by atoms with Gasteiger partial charge in [-0.3, -0.25) is 9.59 Å². The van der Waals surface area contributed by atoms with Gasteiger partial charge in [-0.05, 0) is 53.6 Å². The van der Waals surface area contributed by atoms with E-state index in [1.165, 1.54) is 16.3 Å². The van der Waals surface area contributed by atoms with Crippen molar-refractivity contribution in [2.75, 3.05) is 13.7 Å². The highest BCUT2D eigenvalue weighted by atomic mass is 16.5. The molecule has 0 saturated carbocycles. The lowest BCUT2D eigenvalue weighted by molar-refractivity contribution is -0.122. The molecule has 5 heteroatoms. The Bertz CT molecular complexity index is 1110. The molecule has 1 atom stereocenters. The van der Waals surface area contributed by atoms with Crippen molar-refractivity contribution >= 4 is 22.6 Å². The van der Waals surface area contributed by atoms with Crippen molar-refractivity contribution < 1.29 is 14.3 Å². The van der Waals surface area contributed by atoms with Gasteiger partial charge in [-0.1, -0.05) is 60.7 Å². The van der Waals surface area contributed by atoms with Crippen LogP contribution in [0.4, 0.5) is 0 Å². The third kappa shape index (κ3) is 5.28. The van der Waals surface area contributed by atoms with Gasteiger partial charge in [0.1, 0.15) is 5.75 Å². The van der Waals surface area contributed by atoms with Gasteiger partial charge in [-0.2, -0.15) is 0 Å². The Kier molecular flexibility index (Phi) is 6.74. The molecule has 32 heavy (non-hydrogen) atoms. The Morgan fingerprint density at radius 3 is 2.62 bits per heavy atom. The van der Waals surface area contributed by atoms with Gasteiger partial charge in [0.15, 0.2) is 0 Å². The van der Waals surface area contributed by atoms with Gasteiger partial charge in [0.25, 0.3) is 0 Å². The Morgan fingerprint density at radius 2 is 1.84 bits per heavy atom. The molecule has 0 radical (unpaired) electrons. The van der Waals surface area contributed by atoms with Crippen LogP contribution in [0.2, 0.25) is 0 Å². The maximum atomic E-state index is 12.5. The Balaban J connectivity index is 1.35. The molecule has 166 valence electrons. The second kappa shape index (κ2) is 9.86. The van der Waals surface area contributed by atoms with E-state index in [-0.39, 0.29) is 17.4 Å². The molecule has 1 fully saturated rings. The van der Waals surface area contributed by atoms with Crippen molar-refractivity contribution in [1.29, 1.82) is 0 Å². The highest BCUT2D eigenvalue weighted by molar-refractivity contribution is 5.83. The van der Waals surface area contributed by atoms with Crippen LogP contribution in [0.1, 0.15) is 36.8 Å². The lowest BCUT2D eigenvalue weighted by Gasteiger charge is -2.29. The van der Waals surface area contributed by atoms with E-state index < -0.39 is 0 Å². The molecule has 0 bridgehead atoms. The molecule has 0 aliphatic carbocycles. The van der Waals surface area contributed by atoms with Gasteiger partial charge in [0.2, 0.25) is 11.8 Å². The number of nitrogens with one attached hydrogen (secondary N) is 2. The van der Waals surface area contributed by atoms with Gasteiger partial charge < -0.3 is 15.4 Å². The van der Waals surface area contributed by atoms with Crippen LogP contribution in [-0.4, -0.2) is 31.0 Å². The highest BCUT2D eigenvalue weighted by Crippen LogP contribution is 2.30. The van der Waals surface area contributed by atoms with Crippen LogP contribution < -0.4 is 15.4 Å². The summed E-state index contributed by atoms with van der Waals surface area (Å²) >= 11 is 0. The van der Waals surface area contributed by atoms with Crippen LogP contribution >= 0.6 is 0 Å². The number of ether oxygens (including phenoxy) is 1. The lowest BCUT2D eigenvalue weighted by atomic mass is 9.84. The quantitative estimate of drug-likeness (QED) is 0.535. The van der Waals surface area contributed by atoms with Crippen molar-refractivity contribution in [1.82, 2.24) is 10.6 Å². The summed E-state index contributed by atoms with van der Waals surface area (Å²) in [6.45, 7) is 0.559. The fraction of sp³-hybridized carbons (Fsp3) is 0.333. The summed E-state index contributed by atoms with van der Waals surface area (Å²) in [6, 6.07) is 22.6. The summed E-state index contributed by atoms with van der Waals surface area (Å²) in [5.74, 6) is 0.922. The molecule has 3 aromatic rings. The van der Waals surface area contributed by atoms with Crippen molar-refractivity contribution in [3.05, 3.63) is 77.9 Å². The molecule has 2 N–H and O–H groups in total. The van der Waals surface area contributed by atoms with Crippen molar-refractivity contribution in [3.63, 3.8) is 0 Å². The minimum atomic E-state index is -0.362. The highest BCUT2D eigenvalue weighted by Gasteiger charge is 2.37. The third-order valence-corrected chi connectivity index (χ3v) is 6.33. The minimum absolute atomic E-state index is 0.0129. The zero-order valence-electron chi connectivity index (χ0n) is 18.5. The van der Waals surface area contributed by atoms with Crippen LogP contribution in [0.3, 0.4) is 0 Å². The monoisotopic (exact) mass is 430 g/mol. The number of amides is 2. The van der Waals surface area contributed by atoms with Gasteiger partial charge in [-0.15, -0.1) is 0 Å². The lowest BCUT2D eigenvalue weighted by Crippen LogP contribution is -2.44. The molecule has 1 aliphatic heterocycles. The molecule has 0 spiro atoms. The molecule has 0 aromatic heterocycles. The minimum Gasteiger partial charge on any atom is -0.496 e. The fourth-order valence-electron chi connectivity index (χ4n) is 4.61. The molecule has 5 nitrogen and oxygen atoms in total. The molecule has 2 amide bonds. The SMILES string of the molecule is COc1ccccc1CCNC(=O)CCC1(Cc2ccc3ccccc3c2)CCC(=O)N1. The molecule has 4 rings (SSSR count). The first-order valence-electron chi connectivity index (χ1n) is 11.2. The van der Waals surface area contributed by atoms with E-state index >= 15 is 0 Å². The molecular weight excluding hydrogens is 400 g/mol. The van der Waals surface area contributed by atoms with Crippen LogP contribution in [0.15, 0.2) is 66.7 Å². The average molecular weight is 431 g/mol. The van der Waals surface area contributed by atoms with Gasteiger partial charge in [0.05, 0.1) is 7.11 Å². The molecule has 3 aromatic carbocycles. The summed E-state index contributed by atoms with van der Waals surface area (Å²) in [7, 11) is 1.66. The number of benzene rings is 3. The molecule has 1 aliphatic rings.